The number of benzene rings is 1. The third-order valence-electron chi connectivity index (χ3n) is 4.78. The Morgan fingerprint density at radius 1 is 1.31 bits per heavy atom. The summed E-state index contributed by atoms with van der Waals surface area (Å²) < 4.78 is 6.61. The highest BCUT2D eigenvalue weighted by Gasteiger charge is 2.22. The van der Waals surface area contributed by atoms with Crippen LogP contribution in [0, 0.1) is 0 Å². The normalized spacial score (nSPS) is 14.4. The number of aliphatic imine (C=N–C) groups is 1. The van der Waals surface area contributed by atoms with Gasteiger partial charge in [-0.05, 0) is 17.7 Å². The molecule has 2 heterocycles. The molecule has 0 spiro atoms. The third kappa shape index (κ3) is 5.31. The van der Waals surface area contributed by atoms with Crippen molar-refractivity contribution in [2.45, 2.75) is 6.54 Å². The van der Waals surface area contributed by atoms with Crippen molar-refractivity contribution in [1.82, 2.24) is 19.8 Å². The van der Waals surface area contributed by atoms with E-state index < -0.39 is 0 Å². The van der Waals surface area contributed by atoms with Gasteiger partial charge in [0, 0.05) is 59.2 Å². The summed E-state index contributed by atoms with van der Waals surface area (Å²) in [6.45, 7) is 3.37. The van der Waals surface area contributed by atoms with E-state index in [9.17, 15) is 9.90 Å². The standard InChI is InChI=1S/C19H26N6O3.HI/c1-20-19(22-13-14-4-5-16(28-3)15(26)12-14)25-10-8-24(9-11-25)17-18(27)23(2)7-6-21-17;/h4-7,12,26H,8-11,13H2,1-3H3,(H,20,22);1H. The second kappa shape index (κ2) is 10.3. The lowest BCUT2D eigenvalue weighted by atomic mass is 10.2. The van der Waals surface area contributed by atoms with Crippen molar-refractivity contribution in [1.29, 1.82) is 0 Å². The Bertz CT molecular complexity index is 909. The van der Waals surface area contributed by atoms with Crippen LogP contribution in [-0.4, -0.2) is 65.9 Å². The minimum Gasteiger partial charge on any atom is -0.504 e. The molecule has 3 rings (SSSR count). The van der Waals surface area contributed by atoms with E-state index in [-0.39, 0.29) is 35.3 Å². The molecule has 2 aromatic rings. The van der Waals surface area contributed by atoms with Crippen LogP contribution in [0.3, 0.4) is 0 Å². The first kappa shape index (κ1) is 22.8. The van der Waals surface area contributed by atoms with Crippen molar-refractivity contribution in [3.63, 3.8) is 0 Å². The molecule has 1 saturated heterocycles. The Morgan fingerprint density at radius 2 is 2.03 bits per heavy atom. The van der Waals surface area contributed by atoms with Gasteiger partial charge < -0.3 is 29.5 Å². The number of nitrogens with zero attached hydrogens (tertiary/aromatic N) is 5. The van der Waals surface area contributed by atoms with E-state index in [2.05, 4.69) is 20.2 Å². The number of phenols is 1. The first-order valence-corrected chi connectivity index (χ1v) is 9.11. The topological polar surface area (TPSA) is 95.2 Å². The fourth-order valence-corrected chi connectivity index (χ4v) is 3.19. The molecule has 1 aliphatic rings. The van der Waals surface area contributed by atoms with Crippen LogP contribution in [-0.2, 0) is 13.6 Å². The Labute approximate surface area is 187 Å². The number of aryl methyl sites for hydroxylation is 1. The van der Waals surface area contributed by atoms with Crippen molar-refractivity contribution in [2.24, 2.45) is 12.0 Å². The van der Waals surface area contributed by atoms with Crippen molar-refractivity contribution in [3.8, 4) is 11.5 Å². The fraction of sp³-hybridized carbons (Fsp3) is 0.421. The zero-order chi connectivity index (χ0) is 20.1. The van der Waals surface area contributed by atoms with Gasteiger partial charge in [-0.3, -0.25) is 9.79 Å². The molecule has 1 aromatic carbocycles. The predicted octanol–water partition coefficient (Wildman–Crippen LogP) is 1.01. The van der Waals surface area contributed by atoms with Gasteiger partial charge in [0.1, 0.15) is 0 Å². The van der Waals surface area contributed by atoms with Gasteiger partial charge in [-0.1, -0.05) is 6.07 Å². The maximum absolute atomic E-state index is 12.3. The summed E-state index contributed by atoms with van der Waals surface area (Å²) in [5, 5.41) is 13.2. The molecular weight excluding hydrogens is 487 g/mol. The summed E-state index contributed by atoms with van der Waals surface area (Å²) in [4.78, 5) is 25.0. The molecular formula is C19H27IN6O3. The summed E-state index contributed by atoms with van der Waals surface area (Å²) in [5.74, 6) is 1.83. The van der Waals surface area contributed by atoms with Gasteiger partial charge in [0.2, 0.25) is 0 Å². The fourth-order valence-electron chi connectivity index (χ4n) is 3.19. The first-order chi connectivity index (χ1) is 13.5. The Hall–Kier alpha value is -2.50. The number of ether oxygens (including phenoxy) is 1. The van der Waals surface area contributed by atoms with E-state index in [4.69, 9.17) is 4.74 Å². The van der Waals surface area contributed by atoms with Crippen LogP contribution in [0.5, 0.6) is 11.5 Å². The number of nitrogens with one attached hydrogen (secondary N) is 1. The third-order valence-corrected chi connectivity index (χ3v) is 4.78. The number of anilines is 1. The number of hydrogen-bond donors (Lipinski definition) is 2. The smallest absolute Gasteiger partial charge is 0.293 e. The molecule has 0 unspecified atom stereocenters. The van der Waals surface area contributed by atoms with Crippen molar-refractivity contribution in [3.05, 3.63) is 46.5 Å². The molecule has 0 amide bonds. The van der Waals surface area contributed by atoms with Crippen molar-refractivity contribution >= 4 is 35.8 Å². The lowest BCUT2D eigenvalue weighted by Crippen LogP contribution is -2.53. The molecule has 9 nitrogen and oxygen atoms in total. The van der Waals surface area contributed by atoms with E-state index in [1.807, 2.05) is 11.0 Å². The van der Waals surface area contributed by atoms with E-state index in [0.717, 1.165) is 24.6 Å². The maximum Gasteiger partial charge on any atom is 0.293 e. The predicted molar refractivity (Wildman–Crippen MR) is 124 cm³/mol. The molecule has 1 aromatic heterocycles. The molecule has 2 N–H and O–H groups in total. The molecule has 158 valence electrons. The zero-order valence-corrected chi connectivity index (χ0v) is 19.2. The minimum atomic E-state index is -0.0854. The number of hydrogen-bond acceptors (Lipinski definition) is 6. The van der Waals surface area contributed by atoms with Crippen molar-refractivity contribution < 1.29 is 9.84 Å². The number of rotatable bonds is 4. The quantitative estimate of drug-likeness (QED) is 0.358. The first-order valence-electron chi connectivity index (χ1n) is 9.11. The van der Waals surface area contributed by atoms with Crippen LogP contribution >= 0.6 is 24.0 Å². The average Bonchev–Trinajstić information content (AvgIpc) is 2.71. The van der Waals surface area contributed by atoms with Gasteiger partial charge in [-0.2, -0.15) is 0 Å². The number of aromatic hydroxyl groups is 1. The second-order valence-electron chi connectivity index (χ2n) is 6.55. The van der Waals surface area contributed by atoms with E-state index in [1.54, 1.807) is 43.2 Å². The lowest BCUT2D eigenvalue weighted by molar-refractivity contribution is 0.369. The lowest BCUT2D eigenvalue weighted by Gasteiger charge is -2.36. The largest absolute Gasteiger partial charge is 0.504 e. The van der Waals surface area contributed by atoms with Gasteiger partial charge in [-0.25, -0.2) is 4.98 Å². The second-order valence-corrected chi connectivity index (χ2v) is 6.55. The van der Waals surface area contributed by atoms with Gasteiger partial charge in [-0.15, -0.1) is 24.0 Å². The summed E-state index contributed by atoms with van der Waals surface area (Å²) in [7, 11) is 5.00. The summed E-state index contributed by atoms with van der Waals surface area (Å²) in [6, 6.07) is 5.31. The highest BCUT2D eigenvalue weighted by Crippen LogP contribution is 2.26. The van der Waals surface area contributed by atoms with Crippen LogP contribution in [0.15, 0.2) is 40.4 Å². The van der Waals surface area contributed by atoms with Crippen molar-refractivity contribution in [2.75, 3.05) is 45.2 Å². The molecule has 0 saturated carbocycles. The minimum absolute atomic E-state index is 0. The molecule has 1 aliphatic heterocycles. The maximum atomic E-state index is 12.3. The number of aromatic nitrogens is 2. The summed E-state index contributed by atoms with van der Waals surface area (Å²) >= 11 is 0. The Kier molecular flexibility index (Phi) is 8.11. The molecule has 0 bridgehead atoms. The van der Waals surface area contributed by atoms with Gasteiger partial charge >= 0.3 is 0 Å². The van der Waals surface area contributed by atoms with Crippen LogP contribution in [0.25, 0.3) is 0 Å². The highest BCUT2D eigenvalue weighted by molar-refractivity contribution is 14.0. The van der Waals surface area contributed by atoms with Gasteiger partial charge in [0.25, 0.3) is 5.56 Å². The van der Waals surface area contributed by atoms with E-state index in [0.29, 0.717) is 31.2 Å². The number of piperazine rings is 1. The van der Waals surface area contributed by atoms with Crippen LogP contribution in [0.1, 0.15) is 5.56 Å². The zero-order valence-electron chi connectivity index (χ0n) is 16.8. The van der Waals surface area contributed by atoms with Crippen LogP contribution in [0.2, 0.25) is 0 Å². The van der Waals surface area contributed by atoms with Crippen LogP contribution in [0.4, 0.5) is 5.82 Å². The molecule has 0 aliphatic carbocycles. The molecule has 1 fully saturated rings. The number of halogens is 1. The molecule has 0 atom stereocenters. The molecule has 10 heteroatoms. The summed E-state index contributed by atoms with van der Waals surface area (Å²) in [5.41, 5.74) is 0.841. The monoisotopic (exact) mass is 514 g/mol. The van der Waals surface area contributed by atoms with E-state index in [1.165, 1.54) is 7.11 Å². The van der Waals surface area contributed by atoms with Crippen LogP contribution < -0.4 is 20.5 Å². The Morgan fingerprint density at radius 3 is 2.66 bits per heavy atom. The molecule has 29 heavy (non-hydrogen) atoms. The van der Waals surface area contributed by atoms with Gasteiger partial charge in [0.05, 0.1) is 7.11 Å². The summed E-state index contributed by atoms with van der Waals surface area (Å²) in [6.07, 6.45) is 3.30. The average molecular weight is 514 g/mol. The SMILES string of the molecule is CN=C(NCc1ccc(OC)c(O)c1)N1CCN(c2nccn(C)c2=O)CC1.I. The Balaban J connectivity index is 0.00000300. The highest BCUT2D eigenvalue weighted by atomic mass is 127. The number of methoxy groups -OCH3 is 1. The number of guanidine groups is 1. The van der Waals surface area contributed by atoms with Gasteiger partial charge in [0.15, 0.2) is 23.3 Å². The number of phenolic OH excluding ortho intramolecular Hbond substituents is 1. The van der Waals surface area contributed by atoms with E-state index >= 15 is 0 Å². The molecule has 0 radical (unpaired) electrons.